The third kappa shape index (κ3) is 1.96. The minimum Gasteiger partial charge on any atom is -0.352 e. The summed E-state index contributed by atoms with van der Waals surface area (Å²) >= 11 is 0. The average Bonchev–Trinajstić information content (AvgIpc) is 2.77. The molecule has 0 spiro atoms. The first-order valence-corrected chi connectivity index (χ1v) is 5.29. The lowest BCUT2D eigenvalue weighted by Gasteiger charge is -2.24. The van der Waals surface area contributed by atoms with Crippen molar-refractivity contribution in [1.29, 1.82) is 0 Å². The van der Waals surface area contributed by atoms with Gasteiger partial charge in [-0.15, -0.1) is 0 Å². The zero-order valence-electron chi connectivity index (χ0n) is 8.87. The molecule has 1 saturated heterocycles. The third-order valence-electron chi connectivity index (χ3n) is 2.88. The van der Waals surface area contributed by atoms with Crippen molar-refractivity contribution in [3.05, 3.63) is 28.4 Å². The highest BCUT2D eigenvalue weighted by Crippen LogP contribution is 2.25. The molecule has 1 fully saturated rings. The van der Waals surface area contributed by atoms with E-state index in [2.05, 4.69) is 4.98 Å². The highest BCUT2D eigenvalue weighted by atomic mass is 16.6. The molecule has 2 rings (SSSR count). The van der Waals surface area contributed by atoms with Crippen LogP contribution in [0.4, 0.5) is 11.5 Å². The number of pyridine rings is 1. The van der Waals surface area contributed by atoms with Crippen LogP contribution in [0.15, 0.2) is 18.3 Å². The van der Waals surface area contributed by atoms with Crippen LogP contribution >= 0.6 is 0 Å². The van der Waals surface area contributed by atoms with Gasteiger partial charge in [0.15, 0.2) is 0 Å². The minimum absolute atomic E-state index is 0.0765. The quantitative estimate of drug-likeness (QED) is 0.607. The maximum atomic E-state index is 10.7. The van der Waals surface area contributed by atoms with Gasteiger partial charge >= 0.3 is 0 Å². The highest BCUT2D eigenvalue weighted by Gasteiger charge is 2.25. The van der Waals surface area contributed by atoms with Crippen molar-refractivity contribution in [3.63, 3.8) is 0 Å². The normalized spacial score (nSPS) is 20.1. The van der Waals surface area contributed by atoms with Crippen molar-refractivity contribution < 1.29 is 4.92 Å². The molecule has 1 unspecified atom stereocenters. The van der Waals surface area contributed by atoms with Crippen LogP contribution in [-0.2, 0) is 0 Å². The molecule has 0 bridgehead atoms. The molecule has 0 saturated carbocycles. The number of nitrogens with zero attached hydrogens (tertiary/aromatic N) is 3. The Balaban J connectivity index is 2.26. The SMILES string of the molecule is NCC1CCCN1c1cc([N+](=O)[O-])ccn1. The van der Waals surface area contributed by atoms with Crippen LogP contribution in [0.1, 0.15) is 12.8 Å². The summed E-state index contributed by atoms with van der Waals surface area (Å²) in [6.45, 7) is 1.43. The Bertz CT molecular complexity index is 396. The smallest absolute Gasteiger partial charge is 0.274 e. The maximum absolute atomic E-state index is 10.7. The van der Waals surface area contributed by atoms with Gasteiger partial charge in [-0.3, -0.25) is 10.1 Å². The molecular formula is C10H14N4O2. The monoisotopic (exact) mass is 222 g/mol. The van der Waals surface area contributed by atoms with Crippen LogP contribution in [0.2, 0.25) is 0 Å². The Hall–Kier alpha value is -1.69. The Morgan fingerprint density at radius 2 is 2.50 bits per heavy atom. The fourth-order valence-corrected chi connectivity index (χ4v) is 2.06. The molecule has 0 aromatic carbocycles. The van der Waals surface area contributed by atoms with Gasteiger partial charge in [-0.2, -0.15) is 0 Å². The van der Waals surface area contributed by atoms with E-state index in [-0.39, 0.29) is 11.7 Å². The Morgan fingerprint density at radius 1 is 1.69 bits per heavy atom. The van der Waals surface area contributed by atoms with E-state index in [4.69, 9.17) is 5.73 Å². The van der Waals surface area contributed by atoms with E-state index < -0.39 is 4.92 Å². The highest BCUT2D eigenvalue weighted by molar-refractivity contribution is 5.48. The van der Waals surface area contributed by atoms with E-state index in [9.17, 15) is 10.1 Å². The Kier molecular flexibility index (Phi) is 3.00. The summed E-state index contributed by atoms with van der Waals surface area (Å²) in [5, 5.41) is 10.7. The van der Waals surface area contributed by atoms with Crippen molar-refractivity contribution >= 4 is 11.5 Å². The van der Waals surface area contributed by atoms with Gasteiger partial charge in [0.25, 0.3) is 5.69 Å². The molecule has 1 aliphatic rings. The van der Waals surface area contributed by atoms with Crippen LogP contribution in [0.3, 0.4) is 0 Å². The zero-order valence-corrected chi connectivity index (χ0v) is 8.87. The van der Waals surface area contributed by atoms with Gasteiger partial charge in [0, 0.05) is 31.4 Å². The van der Waals surface area contributed by atoms with Crippen LogP contribution in [0.25, 0.3) is 0 Å². The van der Waals surface area contributed by atoms with Crippen molar-refractivity contribution in [1.82, 2.24) is 4.98 Å². The second kappa shape index (κ2) is 4.44. The number of hydrogen-bond acceptors (Lipinski definition) is 5. The van der Waals surface area contributed by atoms with Crippen molar-refractivity contribution in [3.8, 4) is 0 Å². The summed E-state index contributed by atoms with van der Waals surface area (Å²) in [4.78, 5) is 16.5. The second-order valence-electron chi connectivity index (χ2n) is 3.85. The van der Waals surface area contributed by atoms with Crippen molar-refractivity contribution in [2.45, 2.75) is 18.9 Å². The molecule has 1 aromatic heterocycles. The lowest BCUT2D eigenvalue weighted by atomic mass is 10.2. The summed E-state index contributed by atoms with van der Waals surface area (Å²) in [7, 11) is 0. The predicted molar refractivity (Wildman–Crippen MR) is 60.3 cm³/mol. The molecule has 86 valence electrons. The van der Waals surface area contributed by atoms with Gasteiger partial charge in [0.2, 0.25) is 0 Å². The molecule has 2 heterocycles. The first-order chi connectivity index (χ1) is 7.72. The number of anilines is 1. The molecule has 16 heavy (non-hydrogen) atoms. The topological polar surface area (TPSA) is 85.3 Å². The van der Waals surface area contributed by atoms with Crippen LogP contribution in [0, 0.1) is 10.1 Å². The summed E-state index contributed by atoms with van der Waals surface area (Å²) in [5.41, 5.74) is 5.73. The van der Waals surface area contributed by atoms with Gasteiger partial charge in [0.1, 0.15) is 5.82 Å². The van der Waals surface area contributed by atoms with E-state index in [0.717, 1.165) is 19.4 Å². The van der Waals surface area contributed by atoms with Crippen LogP contribution < -0.4 is 10.6 Å². The van der Waals surface area contributed by atoms with Gasteiger partial charge in [-0.05, 0) is 12.8 Å². The molecule has 6 nitrogen and oxygen atoms in total. The molecule has 1 aromatic rings. The van der Waals surface area contributed by atoms with Gasteiger partial charge in [-0.25, -0.2) is 4.98 Å². The number of hydrogen-bond donors (Lipinski definition) is 1. The predicted octanol–water partition coefficient (Wildman–Crippen LogP) is 0.917. The maximum Gasteiger partial charge on any atom is 0.274 e. The van der Waals surface area contributed by atoms with Crippen molar-refractivity contribution in [2.24, 2.45) is 5.73 Å². The summed E-state index contributed by atoms with van der Waals surface area (Å²) < 4.78 is 0. The first-order valence-electron chi connectivity index (χ1n) is 5.29. The summed E-state index contributed by atoms with van der Waals surface area (Å²) in [5.74, 6) is 0.655. The summed E-state index contributed by atoms with van der Waals surface area (Å²) in [6.07, 6.45) is 3.56. The minimum atomic E-state index is -0.404. The molecule has 6 heteroatoms. The molecule has 0 radical (unpaired) electrons. The molecule has 2 N–H and O–H groups in total. The summed E-state index contributed by atoms with van der Waals surface area (Å²) in [6, 6.07) is 3.17. The number of rotatable bonds is 3. The van der Waals surface area contributed by atoms with E-state index in [1.807, 2.05) is 4.90 Å². The lowest BCUT2D eigenvalue weighted by Crippen LogP contribution is -2.35. The van der Waals surface area contributed by atoms with Gasteiger partial charge in [0.05, 0.1) is 11.0 Å². The fraction of sp³-hybridized carbons (Fsp3) is 0.500. The van der Waals surface area contributed by atoms with Gasteiger partial charge < -0.3 is 10.6 Å². The average molecular weight is 222 g/mol. The first kappa shape index (κ1) is 10.8. The Labute approximate surface area is 93.2 Å². The number of aromatic nitrogens is 1. The van der Waals surface area contributed by atoms with Crippen LogP contribution in [0.5, 0.6) is 0 Å². The number of nitro groups is 1. The standard InChI is InChI=1S/C10H14N4O2/c11-7-9-2-1-5-13(9)10-6-8(14(15)16)3-4-12-10/h3-4,6,9H,1-2,5,7,11H2. The third-order valence-corrected chi connectivity index (χ3v) is 2.88. The fourth-order valence-electron chi connectivity index (χ4n) is 2.06. The molecule has 0 amide bonds. The molecule has 0 aliphatic carbocycles. The molecular weight excluding hydrogens is 208 g/mol. The number of nitrogens with two attached hydrogens (primary N) is 1. The van der Waals surface area contributed by atoms with Crippen molar-refractivity contribution in [2.75, 3.05) is 18.0 Å². The van der Waals surface area contributed by atoms with Gasteiger partial charge in [-0.1, -0.05) is 0 Å². The zero-order chi connectivity index (χ0) is 11.5. The molecule has 1 aliphatic heterocycles. The molecule has 1 atom stereocenters. The van der Waals surface area contributed by atoms with E-state index >= 15 is 0 Å². The second-order valence-corrected chi connectivity index (χ2v) is 3.85. The van der Waals surface area contributed by atoms with E-state index in [1.54, 1.807) is 0 Å². The van der Waals surface area contributed by atoms with Crippen LogP contribution in [-0.4, -0.2) is 29.0 Å². The van der Waals surface area contributed by atoms with E-state index in [1.165, 1.54) is 18.3 Å². The Morgan fingerprint density at radius 3 is 3.19 bits per heavy atom. The van der Waals surface area contributed by atoms with E-state index in [0.29, 0.717) is 12.4 Å². The lowest BCUT2D eigenvalue weighted by molar-refractivity contribution is -0.384. The largest absolute Gasteiger partial charge is 0.352 e.